The predicted octanol–water partition coefficient (Wildman–Crippen LogP) is 2.19. The lowest BCUT2D eigenvalue weighted by molar-refractivity contribution is 0.644. The minimum Gasteiger partial charge on any atom is -0.313 e. The molecule has 1 atom stereocenters. The number of pyridine rings is 1. The first-order chi connectivity index (χ1) is 6.29. The Morgan fingerprint density at radius 3 is 3.08 bits per heavy atom. The first-order valence-corrected chi connectivity index (χ1v) is 4.96. The Bertz CT molecular complexity index is 224. The molecule has 3 heteroatoms. The first kappa shape index (κ1) is 10.5. The van der Waals surface area contributed by atoms with Crippen LogP contribution in [-0.2, 0) is 6.54 Å². The van der Waals surface area contributed by atoms with E-state index < -0.39 is 0 Å². The fourth-order valence-corrected chi connectivity index (χ4v) is 1.15. The Balaban J connectivity index is 2.13. The summed E-state index contributed by atoms with van der Waals surface area (Å²) in [7, 11) is 0. The van der Waals surface area contributed by atoms with Crippen molar-refractivity contribution in [2.45, 2.75) is 25.3 Å². The van der Waals surface area contributed by atoms with Gasteiger partial charge in [-0.1, -0.05) is 6.07 Å². The molecule has 72 valence electrons. The van der Waals surface area contributed by atoms with Gasteiger partial charge in [0.25, 0.3) is 0 Å². The van der Waals surface area contributed by atoms with E-state index in [1.807, 2.05) is 19.2 Å². The van der Waals surface area contributed by atoms with E-state index in [1.165, 1.54) is 5.56 Å². The highest BCUT2D eigenvalue weighted by Gasteiger charge is 1.95. The maximum atomic E-state index is 5.81. The van der Waals surface area contributed by atoms with Crippen LogP contribution in [-0.4, -0.2) is 16.9 Å². The van der Waals surface area contributed by atoms with Gasteiger partial charge in [0.1, 0.15) is 0 Å². The fraction of sp³-hybridized carbons (Fsp3) is 0.500. The molecule has 1 aromatic heterocycles. The molecule has 0 radical (unpaired) electrons. The molecule has 0 saturated heterocycles. The number of halogens is 1. The Morgan fingerprint density at radius 1 is 1.62 bits per heavy atom. The third-order valence-electron chi connectivity index (χ3n) is 1.77. The molecule has 0 aliphatic heterocycles. The monoisotopic (exact) mass is 198 g/mol. The summed E-state index contributed by atoms with van der Waals surface area (Å²) in [5.41, 5.74) is 1.21. The SMILES string of the molecule is CC(Cl)CCNCc1cccnc1. The zero-order chi connectivity index (χ0) is 9.52. The molecule has 0 bridgehead atoms. The molecule has 0 fully saturated rings. The first-order valence-electron chi connectivity index (χ1n) is 4.52. The maximum absolute atomic E-state index is 5.81. The van der Waals surface area contributed by atoms with E-state index >= 15 is 0 Å². The molecule has 13 heavy (non-hydrogen) atoms. The molecule has 1 N–H and O–H groups in total. The molecule has 0 amide bonds. The summed E-state index contributed by atoms with van der Waals surface area (Å²) in [6, 6.07) is 4.01. The minimum atomic E-state index is 0.251. The summed E-state index contributed by atoms with van der Waals surface area (Å²) in [5.74, 6) is 0. The van der Waals surface area contributed by atoms with Gasteiger partial charge in [0.15, 0.2) is 0 Å². The standard InChI is InChI=1S/C10H15ClN2/c1-9(11)4-6-13-8-10-3-2-5-12-7-10/h2-3,5,7,9,13H,4,6,8H2,1H3. The smallest absolute Gasteiger partial charge is 0.0319 e. The summed E-state index contributed by atoms with van der Waals surface area (Å²) in [5, 5.41) is 3.56. The van der Waals surface area contributed by atoms with Gasteiger partial charge in [-0.2, -0.15) is 0 Å². The van der Waals surface area contributed by atoms with E-state index in [-0.39, 0.29) is 5.38 Å². The number of hydrogen-bond acceptors (Lipinski definition) is 2. The largest absolute Gasteiger partial charge is 0.313 e. The Morgan fingerprint density at radius 2 is 2.46 bits per heavy atom. The normalized spacial score (nSPS) is 12.8. The van der Waals surface area contributed by atoms with Crippen LogP contribution in [0.4, 0.5) is 0 Å². The second kappa shape index (κ2) is 5.95. The topological polar surface area (TPSA) is 24.9 Å². The van der Waals surface area contributed by atoms with Crippen LogP contribution in [0.3, 0.4) is 0 Å². The van der Waals surface area contributed by atoms with Gasteiger partial charge < -0.3 is 5.32 Å². The molecule has 1 aromatic rings. The van der Waals surface area contributed by atoms with Crippen LogP contribution >= 0.6 is 11.6 Å². The van der Waals surface area contributed by atoms with Crippen LogP contribution in [0.5, 0.6) is 0 Å². The van der Waals surface area contributed by atoms with Gasteiger partial charge >= 0.3 is 0 Å². The van der Waals surface area contributed by atoms with Gasteiger partial charge in [-0.15, -0.1) is 11.6 Å². The molecule has 2 nitrogen and oxygen atoms in total. The van der Waals surface area contributed by atoms with Gasteiger partial charge in [0.2, 0.25) is 0 Å². The van der Waals surface area contributed by atoms with Crippen molar-refractivity contribution in [2.24, 2.45) is 0 Å². The van der Waals surface area contributed by atoms with Crippen LogP contribution < -0.4 is 5.32 Å². The zero-order valence-corrected chi connectivity index (χ0v) is 8.59. The highest BCUT2D eigenvalue weighted by molar-refractivity contribution is 6.20. The van der Waals surface area contributed by atoms with Gasteiger partial charge in [0.05, 0.1) is 0 Å². The van der Waals surface area contributed by atoms with Crippen LogP contribution in [0.2, 0.25) is 0 Å². The Hall–Kier alpha value is -0.600. The Kier molecular flexibility index (Phi) is 4.79. The van der Waals surface area contributed by atoms with Gasteiger partial charge in [-0.3, -0.25) is 4.98 Å². The van der Waals surface area contributed by atoms with Crippen LogP contribution in [0.1, 0.15) is 18.9 Å². The highest BCUT2D eigenvalue weighted by atomic mass is 35.5. The number of alkyl halides is 1. The minimum absolute atomic E-state index is 0.251. The molecule has 1 heterocycles. The molecule has 1 rings (SSSR count). The summed E-state index contributed by atoms with van der Waals surface area (Å²) in [4.78, 5) is 4.03. The third-order valence-corrected chi connectivity index (χ3v) is 1.99. The lowest BCUT2D eigenvalue weighted by Crippen LogP contribution is -2.16. The van der Waals surface area contributed by atoms with E-state index in [0.29, 0.717) is 0 Å². The second-order valence-corrected chi connectivity index (χ2v) is 3.85. The van der Waals surface area contributed by atoms with Crippen molar-refractivity contribution in [2.75, 3.05) is 6.54 Å². The molecule has 0 aliphatic rings. The number of rotatable bonds is 5. The Labute approximate surface area is 84.3 Å². The van der Waals surface area contributed by atoms with E-state index in [0.717, 1.165) is 19.5 Å². The summed E-state index contributed by atoms with van der Waals surface area (Å²) in [6.07, 6.45) is 4.66. The van der Waals surface area contributed by atoms with E-state index in [9.17, 15) is 0 Å². The number of aromatic nitrogens is 1. The van der Waals surface area contributed by atoms with Crippen LogP contribution in [0.25, 0.3) is 0 Å². The van der Waals surface area contributed by atoms with Crippen molar-refractivity contribution in [3.8, 4) is 0 Å². The average molecular weight is 199 g/mol. The third kappa shape index (κ3) is 4.86. The molecular weight excluding hydrogens is 184 g/mol. The number of nitrogens with zero attached hydrogens (tertiary/aromatic N) is 1. The van der Waals surface area contributed by atoms with Crippen LogP contribution in [0, 0.1) is 0 Å². The maximum Gasteiger partial charge on any atom is 0.0319 e. The van der Waals surface area contributed by atoms with Crippen molar-refractivity contribution < 1.29 is 0 Å². The summed E-state index contributed by atoms with van der Waals surface area (Å²) < 4.78 is 0. The van der Waals surface area contributed by atoms with Gasteiger partial charge in [-0.05, 0) is 31.5 Å². The molecular formula is C10H15ClN2. The average Bonchev–Trinajstić information content (AvgIpc) is 2.14. The lowest BCUT2D eigenvalue weighted by atomic mass is 10.3. The quantitative estimate of drug-likeness (QED) is 0.580. The lowest BCUT2D eigenvalue weighted by Gasteiger charge is -2.05. The predicted molar refractivity (Wildman–Crippen MR) is 55.9 cm³/mol. The molecule has 1 unspecified atom stereocenters. The van der Waals surface area contributed by atoms with Crippen molar-refractivity contribution in [3.63, 3.8) is 0 Å². The van der Waals surface area contributed by atoms with E-state index in [1.54, 1.807) is 6.20 Å². The van der Waals surface area contributed by atoms with Gasteiger partial charge in [-0.25, -0.2) is 0 Å². The molecule has 0 aliphatic carbocycles. The van der Waals surface area contributed by atoms with Crippen molar-refractivity contribution in [1.82, 2.24) is 10.3 Å². The zero-order valence-electron chi connectivity index (χ0n) is 7.83. The van der Waals surface area contributed by atoms with Crippen LogP contribution in [0.15, 0.2) is 24.5 Å². The molecule has 0 spiro atoms. The number of hydrogen-bond donors (Lipinski definition) is 1. The fourth-order valence-electron chi connectivity index (χ4n) is 1.04. The molecule has 0 saturated carbocycles. The summed E-state index contributed by atoms with van der Waals surface area (Å²) >= 11 is 5.81. The van der Waals surface area contributed by atoms with Gasteiger partial charge in [0, 0.05) is 24.3 Å². The van der Waals surface area contributed by atoms with Crippen molar-refractivity contribution in [3.05, 3.63) is 30.1 Å². The van der Waals surface area contributed by atoms with E-state index in [2.05, 4.69) is 16.4 Å². The number of nitrogens with one attached hydrogen (secondary N) is 1. The van der Waals surface area contributed by atoms with Crippen molar-refractivity contribution >= 4 is 11.6 Å². The van der Waals surface area contributed by atoms with E-state index in [4.69, 9.17) is 11.6 Å². The second-order valence-electron chi connectivity index (χ2n) is 3.11. The highest BCUT2D eigenvalue weighted by Crippen LogP contribution is 1.99. The van der Waals surface area contributed by atoms with Crippen molar-refractivity contribution in [1.29, 1.82) is 0 Å². The summed E-state index contributed by atoms with van der Waals surface area (Å²) in [6.45, 7) is 3.84. The molecule has 0 aromatic carbocycles.